The normalized spacial score (nSPS) is 12.1. The van der Waals surface area contributed by atoms with Gasteiger partial charge < -0.3 is 10.8 Å². The van der Waals surface area contributed by atoms with Crippen LogP contribution in [-0.4, -0.2) is 27.8 Å². The molecule has 1 unspecified atom stereocenters. The number of halogens is 1. The number of thioether (sulfide) groups is 1. The Morgan fingerprint density at radius 3 is 2.78 bits per heavy atom. The molecule has 0 aliphatic heterocycles. The second-order valence-corrected chi connectivity index (χ2v) is 4.53. The summed E-state index contributed by atoms with van der Waals surface area (Å²) in [5, 5.41) is 18.9. The molecule has 98 valence electrons. The third-order valence-corrected chi connectivity index (χ3v) is 3.22. The van der Waals surface area contributed by atoms with Crippen LogP contribution in [0.5, 0.6) is 0 Å². The number of rotatable bonds is 6. The summed E-state index contributed by atoms with van der Waals surface area (Å²) in [6, 6.07) is 2.61. The number of nitrogens with two attached hydrogens (primary N) is 1. The highest BCUT2D eigenvalue weighted by molar-refractivity contribution is 7.98. The van der Waals surface area contributed by atoms with Crippen LogP contribution < -0.4 is 5.73 Å². The average molecular weight is 274 g/mol. The number of nitrogens with zero attached hydrogens (tertiary/aromatic N) is 1. The average Bonchev–Trinajstić information content (AvgIpc) is 2.28. The van der Waals surface area contributed by atoms with Crippen LogP contribution >= 0.6 is 11.8 Å². The minimum Gasteiger partial charge on any atom is -0.480 e. The van der Waals surface area contributed by atoms with E-state index in [1.807, 2.05) is 0 Å². The quantitative estimate of drug-likeness (QED) is 0.599. The van der Waals surface area contributed by atoms with E-state index in [-0.39, 0.29) is 5.75 Å². The Labute approximate surface area is 106 Å². The summed E-state index contributed by atoms with van der Waals surface area (Å²) in [5.41, 5.74) is 5.26. The maximum atomic E-state index is 13.2. The van der Waals surface area contributed by atoms with Crippen LogP contribution in [0.15, 0.2) is 18.2 Å². The molecule has 1 atom stereocenters. The van der Waals surface area contributed by atoms with E-state index in [1.54, 1.807) is 0 Å². The van der Waals surface area contributed by atoms with Gasteiger partial charge in [0.15, 0.2) is 0 Å². The Balaban J connectivity index is 2.56. The Morgan fingerprint density at radius 2 is 2.28 bits per heavy atom. The van der Waals surface area contributed by atoms with Crippen molar-refractivity contribution in [1.82, 2.24) is 0 Å². The molecule has 0 aliphatic rings. The summed E-state index contributed by atoms with van der Waals surface area (Å²) in [5.74, 6) is -1.47. The summed E-state index contributed by atoms with van der Waals surface area (Å²) in [7, 11) is 0. The van der Waals surface area contributed by atoms with Gasteiger partial charge in [0, 0.05) is 17.6 Å². The van der Waals surface area contributed by atoms with E-state index in [0.29, 0.717) is 11.3 Å². The van der Waals surface area contributed by atoms with Gasteiger partial charge in [-0.2, -0.15) is 16.2 Å². The molecular weight excluding hydrogens is 263 g/mol. The monoisotopic (exact) mass is 274 g/mol. The lowest BCUT2D eigenvalue weighted by Gasteiger charge is -2.06. The molecule has 0 amide bonds. The first kappa shape index (κ1) is 14.4. The van der Waals surface area contributed by atoms with Gasteiger partial charge in [0.25, 0.3) is 0 Å². The SMILES string of the molecule is NC(CSCc1ccc([N+](=O)[O-])c(F)c1)C(=O)O. The summed E-state index contributed by atoms with van der Waals surface area (Å²) in [6.07, 6.45) is 0. The van der Waals surface area contributed by atoms with Crippen LogP contribution in [0.4, 0.5) is 10.1 Å². The maximum absolute atomic E-state index is 13.2. The fourth-order valence-electron chi connectivity index (χ4n) is 1.16. The number of nitro groups is 1. The zero-order valence-electron chi connectivity index (χ0n) is 9.21. The lowest BCUT2D eigenvalue weighted by atomic mass is 10.2. The van der Waals surface area contributed by atoms with Crippen molar-refractivity contribution in [3.8, 4) is 0 Å². The molecule has 3 N–H and O–H groups in total. The summed E-state index contributed by atoms with van der Waals surface area (Å²) in [4.78, 5) is 20.0. The number of carbonyl (C=O) groups is 1. The molecule has 8 heteroatoms. The molecule has 18 heavy (non-hydrogen) atoms. The van der Waals surface area contributed by atoms with Crippen molar-refractivity contribution in [3.05, 3.63) is 39.7 Å². The number of benzene rings is 1. The van der Waals surface area contributed by atoms with Gasteiger partial charge in [-0.05, 0) is 11.6 Å². The van der Waals surface area contributed by atoms with Gasteiger partial charge in [-0.1, -0.05) is 6.07 Å². The third kappa shape index (κ3) is 3.97. The number of carboxylic acids is 1. The first-order valence-corrected chi connectivity index (χ1v) is 6.06. The fraction of sp³-hybridized carbons (Fsp3) is 0.300. The first-order chi connectivity index (χ1) is 8.41. The zero-order valence-corrected chi connectivity index (χ0v) is 10.0. The predicted molar refractivity (Wildman–Crippen MR) is 64.8 cm³/mol. The van der Waals surface area contributed by atoms with Gasteiger partial charge in [0.1, 0.15) is 6.04 Å². The maximum Gasteiger partial charge on any atom is 0.321 e. The van der Waals surface area contributed by atoms with Crippen molar-refractivity contribution in [3.63, 3.8) is 0 Å². The molecule has 0 aliphatic carbocycles. The highest BCUT2D eigenvalue weighted by atomic mass is 32.2. The van der Waals surface area contributed by atoms with Crippen LogP contribution in [0.1, 0.15) is 5.56 Å². The van der Waals surface area contributed by atoms with Gasteiger partial charge in [-0.25, -0.2) is 0 Å². The van der Waals surface area contributed by atoms with E-state index in [2.05, 4.69) is 0 Å². The van der Waals surface area contributed by atoms with Crippen molar-refractivity contribution in [2.75, 3.05) is 5.75 Å². The Morgan fingerprint density at radius 1 is 1.61 bits per heavy atom. The van der Waals surface area contributed by atoms with E-state index >= 15 is 0 Å². The second kappa shape index (κ2) is 6.31. The third-order valence-electron chi connectivity index (χ3n) is 2.09. The number of hydrogen-bond donors (Lipinski definition) is 2. The lowest BCUT2D eigenvalue weighted by Crippen LogP contribution is -2.32. The van der Waals surface area contributed by atoms with E-state index < -0.39 is 28.4 Å². The Kier molecular flexibility index (Phi) is 5.05. The van der Waals surface area contributed by atoms with E-state index in [4.69, 9.17) is 10.8 Å². The van der Waals surface area contributed by atoms with Crippen LogP contribution in [0.2, 0.25) is 0 Å². The molecule has 0 saturated heterocycles. The number of carboxylic acid groups (broad SMARTS) is 1. The Bertz CT molecular complexity index is 469. The molecule has 0 bridgehead atoms. The number of hydrogen-bond acceptors (Lipinski definition) is 5. The van der Waals surface area contributed by atoms with Crippen molar-refractivity contribution in [1.29, 1.82) is 0 Å². The Hall–Kier alpha value is -1.67. The van der Waals surface area contributed by atoms with E-state index in [0.717, 1.165) is 12.1 Å². The van der Waals surface area contributed by atoms with Gasteiger partial charge in [-0.3, -0.25) is 14.9 Å². The van der Waals surface area contributed by atoms with Crippen molar-refractivity contribution < 1.29 is 19.2 Å². The lowest BCUT2D eigenvalue weighted by molar-refractivity contribution is -0.387. The minimum atomic E-state index is -1.10. The highest BCUT2D eigenvalue weighted by Crippen LogP contribution is 2.21. The molecule has 0 saturated carbocycles. The fourth-order valence-corrected chi connectivity index (χ4v) is 2.09. The van der Waals surface area contributed by atoms with Crippen LogP contribution in [0, 0.1) is 15.9 Å². The molecule has 1 aromatic rings. The number of aliphatic carboxylic acids is 1. The zero-order chi connectivity index (χ0) is 13.7. The van der Waals surface area contributed by atoms with Gasteiger partial charge in [0.05, 0.1) is 4.92 Å². The molecule has 0 radical (unpaired) electrons. The summed E-state index contributed by atoms with van der Waals surface area (Å²) < 4.78 is 13.2. The largest absolute Gasteiger partial charge is 0.480 e. The smallest absolute Gasteiger partial charge is 0.321 e. The van der Waals surface area contributed by atoms with Gasteiger partial charge in [-0.15, -0.1) is 0 Å². The molecule has 6 nitrogen and oxygen atoms in total. The molecule has 0 fully saturated rings. The van der Waals surface area contributed by atoms with E-state index in [1.165, 1.54) is 17.8 Å². The molecule has 0 spiro atoms. The van der Waals surface area contributed by atoms with Crippen molar-refractivity contribution in [2.45, 2.75) is 11.8 Å². The molecule has 0 aromatic heterocycles. The summed E-state index contributed by atoms with van der Waals surface area (Å²) >= 11 is 1.22. The molecule has 1 aromatic carbocycles. The number of nitro benzene ring substituents is 1. The molecule has 1 rings (SSSR count). The second-order valence-electron chi connectivity index (χ2n) is 3.50. The standard InChI is InChI=1S/C10H11FN2O4S/c11-7-3-6(1-2-9(7)13(16)17)4-18-5-8(12)10(14)15/h1-3,8H,4-5,12H2,(H,14,15). The molecular formula is C10H11FN2O4S. The van der Waals surface area contributed by atoms with Crippen LogP contribution in [0.3, 0.4) is 0 Å². The molecule has 0 heterocycles. The summed E-state index contributed by atoms with van der Waals surface area (Å²) in [6.45, 7) is 0. The van der Waals surface area contributed by atoms with Gasteiger partial charge >= 0.3 is 11.7 Å². The highest BCUT2D eigenvalue weighted by Gasteiger charge is 2.14. The van der Waals surface area contributed by atoms with Crippen molar-refractivity contribution >= 4 is 23.4 Å². The van der Waals surface area contributed by atoms with Crippen LogP contribution in [-0.2, 0) is 10.5 Å². The first-order valence-electron chi connectivity index (χ1n) is 4.90. The van der Waals surface area contributed by atoms with Crippen molar-refractivity contribution in [2.24, 2.45) is 5.73 Å². The van der Waals surface area contributed by atoms with Gasteiger partial charge in [0.2, 0.25) is 5.82 Å². The van der Waals surface area contributed by atoms with E-state index in [9.17, 15) is 19.3 Å². The van der Waals surface area contributed by atoms with Crippen LogP contribution in [0.25, 0.3) is 0 Å². The minimum absolute atomic E-state index is 0.188. The predicted octanol–water partition coefficient (Wildman–Crippen LogP) is 1.38. The topological polar surface area (TPSA) is 106 Å².